The van der Waals surface area contributed by atoms with E-state index in [0.717, 1.165) is 43.7 Å². The molecule has 2 fully saturated rings. The van der Waals surface area contributed by atoms with Gasteiger partial charge in [-0.3, -0.25) is 4.79 Å². The van der Waals surface area contributed by atoms with Crippen molar-refractivity contribution in [2.45, 2.75) is 39.2 Å². The van der Waals surface area contributed by atoms with Gasteiger partial charge in [0.1, 0.15) is 5.75 Å². The Kier molecular flexibility index (Phi) is 4.39. The third-order valence-corrected chi connectivity index (χ3v) is 5.15. The Hall–Kier alpha value is -1.55. The molecular formula is C18H26N2O2. The monoisotopic (exact) mass is 302 g/mol. The smallest absolute Gasteiger partial charge is 0.224 e. The van der Waals surface area contributed by atoms with E-state index in [1.165, 1.54) is 0 Å². The van der Waals surface area contributed by atoms with Gasteiger partial charge in [-0.15, -0.1) is 0 Å². The number of nitrogens with one attached hydrogen (secondary N) is 2. The van der Waals surface area contributed by atoms with Gasteiger partial charge in [0.15, 0.2) is 0 Å². The minimum absolute atomic E-state index is 0.0189. The lowest BCUT2D eigenvalue weighted by Crippen LogP contribution is -2.34. The summed E-state index contributed by atoms with van der Waals surface area (Å²) in [4.78, 5) is 12.6. The average molecular weight is 302 g/mol. The van der Waals surface area contributed by atoms with Gasteiger partial charge in [-0.25, -0.2) is 0 Å². The van der Waals surface area contributed by atoms with Crippen molar-refractivity contribution < 1.29 is 9.53 Å². The molecule has 4 heteroatoms. The predicted octanol–water partition coefficient (Wildman–Crippen LogP) is 2.65. The highest BCUT2D eigenvalue weighted by Crippen LogP contribution is 2.58. The van der Waals surface area contributed by atoms with E-state index in [1.807, 2.05) is 38.1 Å². The normalized spacial score (nSPS) is 23.8. The highest BCUT2D eigenvalue weighted by molar-refractivity contribution is 5.83. The van der Waals surface area contributed by atoms with Crippen molar-refractivity contribution >= 4 is 5.91 Å². The molecule has 3 rings (SSSR count). The second-order valence-corrected chi connectivity index (χ2v) is 6.57. The Morgan fingerprint density at radius 2 is 2.14 bits per heavy atom. The summed E-state index contributed by atoms with van der Waals surface area (Å²) < 4.78 is 5.67. The van der Waals surface area contributed by atoms with Gasteiger partial charge in [0, 0.05) is 11.5 Å². The minimum atomic E-state index is -0.0189. The summed E-state index contributed by atoms with van der Waals surface area (Å²) >= 11 is 0. The molecule has 1 amide bonds. The van der Waals surface area contributed by atoms with Crippen LogP contribution in [0.5, 0.6) is 5.75 Å². The van der Waals surface area contributed by atoms with E-state index < -0.39 is 0 Å². The summed E-state index contributed by atoms with van der Waals surface area (Å²) in [7, 11) is 0. The molecule has 0 radical (unpaired) electrons. The number of benzene rings is 1. The molecule has 2 atom stereocenters. The zero-order valence-corrected chi connectivity index (χ0v) is 13.5. The maximum absolute atomic E-state index is 12.6. The van der Waals surface area contributed by atoms with Crippen LogP contribution in [0.15, 0.2) is 24.3 Å². The minimum Gasteiger partial charge on any atom is -0.494 e. The molecule has 1 aliphatic heterocycles. The van der Waals surface area contributed by atoms with Gasteiger partial charge in [0.25, 0.3) is 0 Å². The first-order valence-electron chi connectivity index (χ1n) is 8.39. The zero-order valence-electron chi connectivity index (χ0n) is 13.5. The first-order valence-corrected chi connectivity index (χ1v) is 8.39. The van der Waals surface area contributed by atoms with E-state index in [4.69, 9.17) is 4.74 Å². The maximum Gasteiger partial charge on any atom is 0.224 e. The van der Waals surface area contributed by atoms with Gasteiger partial charge in [0.2, 0.25) is 5.91 Å². The maximum atomic E-state index is 12.6. The summed E-state index contributed by atoms with van der Waals surface area (Å²) in [6.45, 7) is 6.74. The van der Waals surface area contributed by atoms with Crippen LogP contribution in [0.3, 0.4) is 0 Å². The summed E-state index contributed by atoms with van der Waals surface area (Å²) in [5, 5.41) is 6.57. The molecule has 1 spiro atoms. The van der Waals surface area contributed by atoms with E-state index in [1.54, 1.807) is 0 Å². The SMILES string of the molecule is CCOc1ccccc1C(C)NC(=O)C1CC12CCNCC2. The average Bonchev–Trinajstić information content (AvgIpc) is 3.22. The van der Waals surface area contributed by atoms with Crippen molar-refractivity contribution in [1.29, 1.82) is 0 Å². The van der Waals surface area contributed by atoms with E-state index in [9.17, 15) is 4.79 Å². The van der Waals surface area contributed by atoms with Crippen LogP contribution in [0, 0.1) is 11.3 Å². The van der Waals surface area contributed by atoms with Gasteiger partial charge < -0.3 is 15.4 Å². The molecule has 1 aromatic rings. The second-order valence-electron chi connectivity index (χ2n) is 6.57. The molecule has 4 nitrogen and oxygen atoms in total. The number of carbonyl (C=O) groups is 1. The van der Waals surface area contributed by atoms with Crippen molar-refractivity contribution in [3.63, 3.8) is 0 Å². The number of hydrogen-bond acceptors (Lipinski definition) is 3. The van der Waals surface area contributed by atoms with Crippen LogP contribution in [-0.2, 0) is 4.79 Å². The molecule has 0 aromatic heterocycles. The largest absolute Gasteiger partial charge is 0.494 e. The van der Waals surface area contributed by atoms with Crippen LogP contribution < -0.4 is 15.4 Å². The zero-order chi connectivity index (χ0) is 15.6. The lowest BCUT2D eigenvalue weighted by molar-refractivity contribution is -0.123. The fraction of sp³-hybridized carbons (Fsp3) is 0.611. The Morgan fingerprint density at radius 1 is 1.41 bits per heavy atom. The van der Waals surface area contributed by atoms with Crippen LogP contribution in [0.1, 0.15) is 44.7 Å². The topological polar surface area (TPSA) is 50.4 Å². The van der Waals surface area contributed by atoms with Crippen LogP contribution in [0.2, 0.25) is 0 Å². The Morgan fingerprint density at radius 3 is 2.86 bits per heavy atom. The van der Waals surface area contributed by atoms with Crippen molar-refractivity contribution in [3.8, 4) is 5.75 Å². The fourth-order valence-electron chi connectivity index (χ4n) is 3.71. The summed E-state index contributed by atoms with van der Waals surface area (Å²) in [6, 6.07) is 7.94. The van der Waals surface area contributed by atoms with Crippen molar-refractivity contribution in [2.24, 2.45) is 11.3 Å². The Labute approximate surface area is 132 Å². The molecule has 1 aliphatic carbocycles. The first kappa shape index (κ1) is 15.3. The second kappa shape index (κ2) is 6.29. The van der Waals surface area contributed by atoms with E-state index in [0.29, 0.717) is 6.61 Å². The van der Waals surface area contributed by atoms with Gasteiger partial charge in [0.05, 0.1) is 12.6 Å². The van der Waals surface area contributed by atoms with Crippen LogP contribution in [0.25, 0.3) is 0 Å². The lowest BCUT2D eigenvalue weighted by Gasteiger charge is -2.24. The van der Waals surface area contributed by atoms with Gasteiger partial charge in [-0.1, -0.05) is 18.2 Å². The highest BCUT2D eigenvalue weighted by Gasteiger charge is 2.57. The molecule has 1 aromatic carbocycles. The number of hydrogen-bond donors (Lipinski definition) is 2. The Balaban J connectivity index is 1.62. The number of ether oxygens (including phenoxy) is 1. The molecule has 2 aliphatic rings. The summed E-state index contributed by atoms with van der Waals surface area (Å²) in [6.07, 6.45) is 3.32. The van der Waals surface area contributed by atoms with E-state index in [-0.39, 0.29) is 23.3 Å². The molecule has 120 valence electrons. The molecule has 1 saturated heterocycles. The molecule has 22 heavy (non-hydrogen) atoms. The van der Waals surface area contributed by atoms with Crippen molar-refractivity contribution in [2.75, 3.05) is 19.7 Å². The molecular weight excluding hydrogens is 276 g/mol. The van der Waals surface area contributed by atoms with Gasteiger partial charge >= 0.3 is 0 Å². The number of para-hydroxylation sites is 1. The quantitative estimate of drug-likeness (QED) is 0.879. The summed E-state index contributed by atoms with van der Waals surface area (Å²) in [5.74, 6) is 1.28. The van der Waals surface area contributed by atoms with Crippen molar-refractivity contribution in [3.05, 3.63) is 29.8 Å². The third kappa shape index (κ3) is 2.98. The molecule has 2 N–H and O–H groups in total. The van der Waals surface area contributed by atoms with E-state index >= 15 is 0 Å². The van der Waals surface area contributed by atoms with Crippen LogP contribution >= 0.6 is 0 Å². The number of amides is 1. The summed E-state index contributed by atoms with van der Waals surface area (Å²) in [5.41, 5.74) is 1.34. The number of rotatable bonds is 5. The third-order valence-electron chi connectivity index (χ3n) is 5.15. The van der Waals surface area contributed by atoms with Gasteiger partial charge in [-0.2, -0.15) is 0 Å². The standard InChI is InChI=1S/C18H26N2O2/c1-3-22-16-7-5-4-6-14(16)13(2)20-17(21)15-12-18(15)8-10-19-11-9-18/h4-7,13,15,19H,3,8-12H2,1-2H3,(H,20,21). The molecule has 2 unspecified atom stereocenters. The number of carbonyl (C=O) groups excluding carboxylic acids is 1. The highest BCUT2D eigenvalue weighted by atomic mass is 16.5. The van der Waals surface area contributed by atoms with Gasteiger partial charge in [-0.05, 0) is 57.7 Å². The lowest BCUT2D eigenvalue weighted by atomic mass is 9.91. The van der Waals surface area contributed by atoms with E-state index in [2.05, 4.69) is 10.6 Å². The Bertz CT molecular complexity index is 538. The van der Waals surface area contributed by atoms with Crippen LogP contribution in [-0.4, -0.2) is 25.6 Å². The fourth-order valence-corrected chi connectivity index (χ4v) is 3.71. The van der Waals surface area contributed by atoms with Crippen LogP contribution in [0.4, 0.5) is 0 Å². The predicted molar refractivity (Wildman–Crippen MR) is 86.8 cm³/mol. The van der Waals surface area contributed by atoms with Crippen molar-refractivity contribution in [1.82, 2.24) is 10.6 Å². The molecule has 1 heterocycles. The molecule has 1 saturated carbocycles. The first-order chi connectivity index (χ1) is 10.7. The molecule has 0 bridgehead atoms. The number of piperidine rings is 1.